The van der Waals surface area contributed by atoms with Crippen LogP contribution in [-0.2, 0) is 11.3 Å². The molecule has 0 spiro atoms. The smallest absolute Gasteiger partial charge is 0.407 e. The SMILES string of the molecule is Nc1nc2ccc(C=CCNC(=O)OCc3ccccc3)cc2s1. The van der Waals surface area contributed by atoms with Crippen molar-refractivity contribution in [2.45, 2.75) is 6.61 Å². The second-order valence-corrected chi connectivity index (χ2v) is 6.19. The molecule has 3 N–H and O–H groups in total. The third-order valence-electron chi connectivity index (χ3n) is 3.32. The summed E-state index contributed by atoms with van der Waals surface area (Å²) in [4.78, 5) is 15.8. The van der Waals surface area contributed by atoms with Gasteiger partial charge in [0.2, 0.25) is 0 Å². The van der Waals surface area contributed by atoms with E-state index in [1.165, 1.54) is 11.3 Å². The largest absolute Gasteiger partial charge is 0.445 e. The van der Waals surface area contributed by atoms with E-state index < -0.39 is 6.09 Å². The highest BCUT2D eigenvalue weighted by atomic mass is 32.1. The zero-order valence-electron chi connectivity index (χ0n) is 12.9. The van der Waals surface area contributed by atoms with Gasteiger partial charge in [-0.3, -0.25) is 0 Å². The van der Waals surface area contributed by atoms with Crippen LogP contribution < -0.4 is 11.1 Å². The number of anilines is 1. The summed E-state index contributed by atoms with van der Waals surface area (Å²) in [6.45, 7) is 0.663. The van der Waals surface area contributed by atoms with Gasteiger partial charge >= 0.3 is 6.09 Å². The van der Waals surface area contributed by atoms with Crippen LogP contribution in [-0.4, -0.2) is 17.6 Å². The van der Waals surface area contributed by atoms with E-state index in [1.807, 2.05) is 60.7 Å². The first-order valence-corrected chi connectivity index (χ1v) is 8.29. The van der Waals surface area contributed by atoms with Gasteiger partial charge in [-0.15, -0.1) is 0 Å². The third-order valence-corrected chi connectivity index (χ3v) is 4.16. The number of thiazole rings is 1. The predicted octanol–water partition coefficient (Wildman–Crippen LogP) is 3.82. The summed E-state index contributed by atoms with van der Waals surface area (Å²) < 4.78 is 6.18. The minimum Gasteiger partial charge on any atom is -0.445 e. The third kappa shape index (κ3) is 4.33. The van der Waals surface area contributed by atoms with Crippen molar-refractivity contribution in [3.05, 3.63) is 65.7 Å². The second kappa shape index (κ2) is 7.61. The average molecular weight is 339 g/mol. The van der Waals surface area contributed by atoms with Gasteiger partial charge in [0, 0.05) is 6.54 Å². The predicted molar refractivity (Wildman–Crippen MR) is 97.7 cm³/mol. The number of carbonyl (C=O) groups is 1. The molecule has 5 nitrogen and oxygen atoms in total. The molecule has 3 rings (SSSR count). The van der Waals surface area contributed by atoms with Crippen LogP contribution in [0.3, 0.4) is 0 Å². The van der Waals surface area contributed by atoms with E-state index in [1.54, 1.807) is 0 Å². The summed E-state index contributed by atoms with van der Waals surface area (Å²) in [5.41, 5.74) is 8.59. The molecule has 1 heterocycles. The molecule has 0 saturated carbocycles. The minimum absolute atomic E-state index is 0.264. The Labute approximate surface area is 143 Å². The molecule has 0 radical (unpaired) electrons. The normalized spacial score (nSPS) is 11.0. The van der Waals surface area contributed by atoms with E-state index in [0.717, 1.165) is 21.3 Å². The van der Waals surface area contributed by atoms with E-state index in [2.05, 4.69) is 10.3 Å². The van der Waals surface area contributed by atoms with Gasteiger partial charge in [-0.25, -0.2) is 9.78 Å². The van der Waals surface area contributed by atoms with Crippen LogP contribution in [0.15, 0.2) is 54.6 Å². The monoisotopic (exact) mass is 339 g/mol. The number of nitrogens with one attached hydrogen (secondary N) is 1. The highest BCUT2D eigenvalue weighted by molar-refractivity contribution is 7.22. The lowest BCUT2D eigenvalue weighted by Gasteiger charge is -2.05. The van der Waals surface area contributed by atoms with Crippen molar-refractivity contribution in [1.82, 2.24) is 10.3 Å². The lowest BCUT2D eigenvalue weighted by molar-refractivity contribution is 0.141. The van der Waals surface area contributed by atoms with Crippen molar-refractivity contribution in [3.8, 4) is 0 Å². The fourth-order valence-corrected chi connectivity index (χ4v) is 2.96. The van der Waals surface area contributed by atoms with Crippen LogP contribution >= 0.6 is 11.3 Å². The van der Waals surface area contributed by atoms with Crippen LogP contribution in [0, 0.1) is 0 Å². The maximum Gasteiger partial charge on any atom is 0.407 e. The first-order chi connectivity index (χ1) is 11.7. The van der Waals surface area contributed by atoms with Gasteiger partial charge in [-0.1, -0.05) is 59.9 Å². The molecule has 2 aromatic carbocycles. The number of hydrogen-bond acceptors (Lipinski definition) is 5. The molecule has 0 atom stereocenters. The van der Waals surface area contributed by atoms with Crippen LogP contribution in [0.5, 0.6) is 0 Å². The highest BCUT2D eigenvalue weighted by Crippen LogP contribution is 2.24. The number of benzene rings is 2. The number of hydrogen-bond donors (Lipinski definition) is 2. The molecule has 0 unspecified atom stereocenters. The fraction of sp³-hybridized carbons (Fsp3) is 0.111. The molecule has 0 bridgehead atoms. The van der Waals surface area contributed by atoms with Gasteiger partial charge in [-0.2, -0.15) is 0 Å². The molecule has 0 saturated heterocycles. The number of carbonyl (C=O) groups excluding carboxylic acids is 1. The molecule has 3 aromatic rings. The number of nitrogens with two attached hydrogens (primary N) is 1. The Bertz CT molecular complexity index is 859. The van der Waals surface area contributed by atoms with Crippen molar-refractivity contribution in [2.24, 2.45) is 0 Å². The number of aromatic nitrogens is 1. The van der Waals surface area contributed by atoms with E-state index in [4.69, 9.17) is 10.5 Å². The lowest BCUT2D eigenvalue weighted by atomic mass is 10.2. The molecule has 0 aliphatic carbocycles. The number of ether oxygens (including phenoxy) is 1. The Morgan fingerprint density at radius 3 is 2.92 bits per heavy atom. The van der Waals surface area contributed by atoms with Gasteiger partial charge in [0.15, 0.2) is 5.13 Å². The Kier molecular flexibility index (Phi) is 5.08. The number of alkyl carbamates (subject to hydrolysis) is 1. The van der Waals surface area contributed by atoms with Crippen molar-refractivity contribution >= 4 is 38.9 Å². The lowest BCUT2D eigenvalue weighted by Crippen LogP contribution is -2.24. The highest BCUT2D eigenvalue weighted by Gasteiger charge is 2.01. The topological polar surface area (TPSA) is 77.2 Å². The Balaban J connectivity index is 1.46. The van der Waals surface area contributed by atoms with E-state index >= 15 is 0 Å². The number of nitrogen functional groups attached to an aromatic ring is 1. The van der Waals surface area contributed by atoms with Gasteiger partial charge in [-0.05, 0) is 23.3 Å². The standard InChI is InChI=1S/C18H17N3O2S/c19-17-21-15-9-8-13(11-16(15)24-17)7-4-10-20-18(22)23-12-14-5-2-1-3-6-14/h1-9,11H,10,12H2,(H2,19,21)(H,20,22). The summed E-state index contributed by atoms with van der Waals surface area (Å²) in [6.07, 6.45) is 3.37. The van der Waals surface area contributed by atoms with E-state index in [-0.39, 0.29) is 6.61 Å². The Hall–Kier alpha value is -2.86. The summed E-state index contributed by atoms with van der Waals surface area (Å²) in [5.74, 6) is 0. The molecule has 6 heteroatoms. The minimum atomic E-state index is -0.436. The summed E-state index contributed by atoms with van der Waals surface area (Å²) in [5, 5.41) is 3.25. The van der Waals surface area contributed by atoms with Gasteiger partial charge in [0.1, 0.15) is 6.61 Å². The maximum atomic E-state index is 11.6. The number of fused-ring (bicyclic) bond motifs is 1. The molecule has 24 heavy (non-hydrogen) atoms. The molecule has 1 aromatic heterocycles. The molecule has 0 aliphatic rings. The molecule has 0 aliphatic heterocycles. The zero-order valence-corrected chi connectivity index (χ0v) is 13.8. The second-order valence-electron chi connectivity index (χ2n) is 5.12. The molecule has 1 amide bonds. The van der Waals surface area contributed by atoms with Crippen molar-refractivity contribution in [1.29, 1.82) is 0 Å². The average Bonchev–Trinajstić information content (AvgIpc) is 2.97. The quantitative estimate of drug-likeness (QED) is 0.741. The summed E-state index contributed by atoms with van der Waals surface area (Å²) in [6, 6.07) is 15.5. The van der Waals surface area contributed by atoms with Gasteiger partial charge in [0.25, 0.3) is 0 Å². The van der Waals surface area contributed by atoms with Crippen molar-refractivity contribution in [2.75, 3.05) is 12.3 Å². The van der Waals surface area contributed by atoms with Crippen LogP contribution in [0.1, 0.15) is 11.1 Å². The van der Waals surface area contributed by atoms with Gasteiger partial charge < -0.3 is 15.8 Å². The first-order valence-electron chi connectivity index (χ1n) is 7.48. The van der Waals surface area contributed by atoms with Crippen LogP contribution in [0.2, 0.25) is 0 Å². The maximum absolute atomic E-state index is 11.6. The van der Waals surface area contributed by atoms with E-state index in [9.17, 15) is 4.79 Å². The summed E-state index contributed by atoms with van der Waals surface area (Å²) in [7, 11) is 0. The Morgan fingerprint density at radius 2 is 2.08 bits per heavy atom. The molecule has 122 valence electrons. The number of nitrogens with zero attached hydrogens (tertiary/aromatic N) is 1. The first kappa shape index (κ1) is 16.0. The molecule has 0 fully saturated rings. The van der Waals surface area contributed by atoms with Crippen molar-refractivity contribution < 1.29 is 9.53 Å². The van der Waals surface area contributed by atoms with Gasteiger partial charge in [0.05, 0.1) is 10.2 Å². The number of rotatable bonds is 5. The molecular formula is C18H17N3O2S. The summed E-state index contributed by atoms with van der Waals surface area (Å²) >= 11 is 1.46. The number of amides is 1. The Morgan fingerprint density at radius 1 is 1.25 bits per heavy atom. The zero-order chi connectivity index (χ0) is 16.8. The molecular weight excluding hydrogens is 322 g/mol. The van der Waals surface area contributed by atoms with E-state index in [0.29, 0.717) is 11.7 Å². The fourth-order valence-electron chi connectivity index (χ4n) is 2.17. The van der Waals surface area contributed by atoms with Crippen LogP contribution in [0.25, 0.3) is 16.3 Å². The van der Waals surface area contributed by atoms with Crippen LogP contribution in [0.4, 0.5) is 9.93 Å². The van der Waals surface area contributed by atoms with Crippen molar-refractivity contribution in [3.63, 3.8) is 0 Å².